The first-order valence-corrected chi connectivity index (χ1v) is 6.35. The monoisotopic (exact) mass is 279 g/mol. The highest BCUT2D eigenvalue weighted by atomic mass is 16.4. The zero-order valence-corrected chi connectivity index (χ0v) is 10.9. The second kappa shape index (κ2) is 6.36. The van der Waals surface area contributed by atoms with Crippen molar-refractivity contribution >= 4 is 17.6 Å². The van der Waals surface area contributed by atoms with E-state index >= 15 is 0 Å². The fourth-order valence-corrected chi connectivity index (χ4v) is 2.06. The Kier molecular flexibility index (Phi) is 4.54. The number of aromatic carboxylic acids is 1. The number of amides is 1. The maximum absolute atomic E-state index is 11.9. The third-order valence-corrected chi connectivity index (χ3v) is 3.09. The molecule has 0 aliphatic carbocycles. The first-order valence-electron chi connectivity index (χ1n) is 6.35. The Morgan fingerprint density at radius 1 is 1.30 bits per heavy atom. The van der Waals surface area contributed by atoms with Crippen molar-refractivity contribution in [2.45, 2.75) is 0 Å². The van der Waals surface area contributed by atoms with Crippen LogP contribution in [0, 0.1) is 0 Å². The standard InChI is InChI=1S/C13H17N3O4/c17-11-2-1-9(7-10(11)13(19)20)15-12(18)8-16-5-3-14-4-6-16/h1-2,7,14,17H,3-6,8H2,(H,15,18)(H,19,20). The van der Waals surface area contributed by atoms with Gasteiger partial charge in [-0.1, -0.05) is 0 Å². The Hall–Kier alpha value is -2.12. The van der Waals surface area contributed by atoms with Gasteiger partial charge in [-0.15, -0.1) is 0 Å². The van der Waals surface area contributed by atoms with Crippen molar-refractivity contribution in [3.05, 3.63) is 23.8 Å². The second-order valence-electron chi connectivity index (χ2n) is 4.61. The summed E-state index contributed by atoms with van der Waals surface area (Å²) in [6.07, 6.45) is 0. The number of nitrogens with zero attached hydrogens (tertiary/aromatic N) is 1. The zero-order chi connectivity index (χ0) is 14.5. The van der Waals surface area contributed by atoms with E-state index in [0.717, 1.165) is 26.2 Å². The minimum atomic E-state index is -1.24. The molecule has 0 saturated carbocycles. The van der Waals surface area contributed by atoms with Gasteiger partial charge in [0, 0.05) is 31.9 Å². The van der Waals surface area contributed by atoms with Crippen LogP contribution in [-0.4, -0.2) is 59.7 Å². The lowest BCUT2D eigenvalue weighted by Gasteiger charge is -2.26. The maximum atomic E-state index is 11.9. The highest BCUT2D eigenvalue weighted by molar-refractivity contribution is 5.96. The molecule has 0 spiro atoms. The fraction of sp³-hybridized carbons (Fsp3) is 0.385. The van der Waals surface area contributed by atoms with Crippen LogP contribution in [0.15, 0.2) is 18.2 Å². The number of carbonyl (C=O) groups excluding carboxylic acids is 1. The lowest BCUT2D eigenvalue weighted by Crippen LogP contribution is -2.46. The number of hydrogen-bond acceptors (Lipinski definition) is 5. The molecule has 1 aromatic carbocycles. The predicted octanol–water partition coefficient (Wildman–Crippen LogP) is -0.0659. The van der Waals surface area contributed by atoms with E-state index in [2.05, 4.69) is 10.6 Å². The van der Waals surface area contributed by atoms with Crippen LogP contribution in [0.5, 0.6) is 5.75 Å². The lowest BCUT2D eigenvalue weighted by molar-refractivity contribution is -0.117. The Balaban J connectivity index is 1.96. The summed E-state index contributed by atoms with van der Waals surface area (Å²) in [6, 6.07) is 3.97. The van der Waals surface area contributed by atoms with Gasteiger partial charge >= 0.3 is 5.97 Å². The number of carbonyl (C=O) groups is 2. The molecule has 1 heterocycles. The van der Waals surface area contributed by atoms with Crippen molar-refractivity contribution in [2.24, 2.45) is 0 Å². The number of rotatable bonds is 4. The van der Waals surface area contributed by atoms with E-state index in [1.165, 1.54) is 18.2 Å². The van der Waals surface area contributed by atoms with Crippen molar-refractivity contribution in [1.29, 1.82) is 0 Å². The number of hydrogen-bond donors (Lipinski definition) is 4. The molecule has 1 amide bonds. The maximum Gasteiger partial charge on any atom is 0.339 e. The average Bonchev–Trinajstić information content (AvgIpc) is 2.41. The van der Waals surface area contributed by atoms with Crippen molar-refractivity contribution in [2.75, 3.05) is 38.0 Å². The van der Waals surface area contributed by atoms with Gasteiger partial charge in [0.05, 0.1) is 6.54 Å². The Bertz CT molecular complexity index is 512. The van der Waals surface area contributed by atoms with Crippen LogP contribution < -0.4 is 10.6 Å². The van der Waals surface area contributed by atoms with Gasteiger partial charge in [0.2, 0.25) is 5.91 Å². The molecule has 0 bridgehead atoms. The summed E-state index contributed by atoms with van der Waals surface area (Å²) in [5, 5.41) is 24.1. The number of phenols is 1. The summed E-state index contributed by atoms with van der Waals surface area (Å²) in [5.41, 5.74) is 0.130. The van der Waals surface area contributed by atoms with Gasteiger partial charge in [-0.3, -0.25) is 9.69 Å². The van der Waals surface area contributed by atoms with E-state index < -0.39 is 5.97 Å². The largest absolute Gasteiger partial charge is 0.507 e. The molecule has 7 nitrogen and oxygen atoms in total. The molecule has 1 aliphatic heterocycles. The Morgan fingerprint density at radius 3 is 2.65 bits per heavy atom. The van der Waals surface area contributed by atoms with Gasteiger partial charge in [-0.05, 0) is 18.2 Å². The van der Waals surface area contributed by atoms with Gasteiger partial charge in [0.25, 0.3) is 0 Å². The number of anilines is 1. The highest BCUT2D eigenvalue weighted by Crippen LogP contribution is 2.21. The Morgan fingerprint density at radius 2 is 2.00 bits per heavy atom. The molecule has 108 valence electrons. The number of carboxylic acids is 1. The molecule has 1 fully saturated rings. The number of carboxylic acid groups (broad SMARTS) is 1. The van der Waals surface area contributed by atoms with Crippen molar-refractivity contribution in [3.63, 3.8) is 0 Å². The van der Waals surface area contributed by atoms with Crippen LogP contribution >= 0.6 is 0 Å². The molecule has 7 heteroatoms. The van der Waals surface area contributed by atoms with Gasteiger partial charge in [-0.25, -0.2) is 4.79 Å². The summed E-state index contributed by atoms with van der Waals surface area (Å²) in [7, 11) is 0. The minimum Gasteiger partial charge on any atom is -0.507 e. The van der Waals surface area contributed by atoms with Crippen molar-refractivity contribution in [1.82, 2.24) is 10.2 Å². The molecule has 4 N–H and O–H groups in total. The molecular weight excluding hydrogens is 262 g/mol. The fourth-order valence-electron chi connectivity index (χ4n) is 2.06. The predicted molar refractivity (Wildman–Crippen MR) is 73.0 cm³/mol. The van der Waals surface area contributed by atoms with E-state index in [4.69, 9.17) is 5.11 Å². The van der Waals surface area contributed by atoms with Gasteiger partial charge in [-0.2, -0.15) is 0 Å². The third-order valence-electron chi connectivity index (χ3n) is 3.09. The SMILES string of the molecule is O=C(CN1CCNCC1)Nc1ccc(O)c(C(=O)O)c1. The van der Waals surface area contributed by atoms with Gasteiger partial charge < -0.3 is 20.8 Å². The van der Waals surface area contributed by atoms with Crippen LogP contribution in [0.1, 0.15) is 10.4 Å². The molecule has 1 aromatic rings. The van der Waals surface area contributed by atoms with Crippen LogP contribution in [-0.2, 0) is 4.79 Å². The van der Waals surface area contributed by atoms with Crippen LogP contribution in [0.2, 0.25) is 0 Å². The second-order valence-corrected chi connectivity index (χ2v) is 4.61. The number of piperazine rings is 1. The molecular formula is C13H17N3O4. The molecule has 20 heavy (non-hydrogen) atoms. The van der Waals surface area contributed by atoms with E-state index in [1.807, 2.05) is 4.90 Å². The van der Waals surface area contributed by atoms with Crippen molar-refractivity contribution in [3.8, 4) is 5.75 Å². The first-order chi connectivity index (χ1) is 9.56. The number of benzene rings is 1. The van der Waals surface area contributed by atoms with Crippen molar-refractivity contribution < 1.29 is 19.8 Å². The highest BCUT2D eigenvalue weighted by Gasteiger charge is 2.15. The molecule has 0 aromatic heterocycles. The summed E-state index contributed by atoms with van der Waals surface area (Å²) >= 11 is 0. The minimum absolute atomic E-state index is 0.200. The summed E-state index contributed by atoms with van der Waals surface area (Å²) in [6.45, 7) is 3.60. The number of aromatic hydroxyl groups is 1. The molecule has 1 saturated heterocycles. The smallest absolute Gasteiger partial charge is 0.339 e. The van der Waals surface area contributed by atoms with E-state index in [-0.39, 0.29) is 23.8 Å². The third kappa shape index (κ3) is 3.69. The lowest BCUT2D eigenvalue weighted by atomic mass is 10.2. The quantitative estimate of drug-likeness (QED) is 0.576. The van der Waals surface area contributed by atoms with Crippen LogP contribution in [0.3, 0.4) is 0 Å². The molecule has 0 radical (unpaired) electrons. The topological polar surface area (TPSA) is 102 Å². The molecule has 0 atom stereocenters. The van der Waals surface area contributed by atoms with Gasteiger partial charge in [0.15, 0.2) is 0 Å². The Labute approximate surface area is 116 Å². The molecule has 0 unspecified atom stereocenters. The van der Waals surface area contributed by atoms with E-state index in [0.29, 0.717) is 5.69 Å². The summed E-state index contributed by atoms with van der Waals surface area (Å²) in [4.78, 5) is 24.8. The van der Waals surface area contributed by atoms with Crippen LogP contribution in [0.4, 0.5) is 5.69 Å². The first kappa shape index (κ1) is 14.3. The van der Waals surface area contributed by atoms with E-state index in [1.54, 1.807) is 0 Å². The van der Waals surface area contributed by atoms with Crippen LogP contribution in [0.25, 0.3) is 0 Å². The van der Waals surface area contributed by atoms with Gasteiger partial charge in [0.1, 0.15) is 11.3 Å². The molecule has 1 aliphatic rings. The summed E-state index contributed by atoms with van der Waals surface area (Å²) < 4.78 is 0. The average molecular weight is 279 g/mol. The summed E-state index contributed by atoms with van der Waals surface area (Å²) in [5.74, 6) is -1.76. The normalized spacial score (nSPS) is 15.8. The number of nitrogens with one attached hydrogen (secondary N) is 2. The van der Waals surface area contributed by atoms with E-state index in [9.17, 15) is 14.7 Å². The zero-order valence-electron chi connectivity index (χ0n) is 10.9. The molecule has 2 rings (SSSR count).